The summed E-state index contributed by atoms with van der Waals surface area (Å²) in [7, 11) is 2.18. The predicted octanol–water partition coefficient (Wildman–Crippen LogP) is 4.64. The standard InChI is InChI=1S/C28H36F2N8O2S/c1-17-15-32-28(35-26(17)33-22-8-13-41-24(22)25(31)39)34-21-5-4-20(14-23(21)40-27(29)30)37-9-6-19(7-10-37)38-12-11-36(3)18(2)16-38/h4-5,8,13-15,18-19,27H,6-7,9-12,16H2,1-3H3,(H2,31,39)(H2,32,33,34,35)/t18-/m0/s1. The van der Waals surface area contributed by atoms with Crippen molar-refractivity contribution in [3.05, 3.63) is 46.3 Å². The van der Waals surface area contributed by atoms with Gasteiger partial charge in [0.25, 0.3) is 5.91 Å². The number of aryl methyl sites for hydroxylation is 1. The summed E-state index contributed by atoms with van der Waals surface area (Å²) >= 11 is 1.23. The molecule has 1 amide bonds. The highest BCUT2D eigenvalue weighted by atomic mass is 32.1. The van der Waals surface area contributed by atoms with E-state index in [0.717, 1.165) is 56.8 Å². The molecule has 0 bridgehead atoms. The third-order valence-corrected chi connectivity index (χ3v) is 8.81. The van der Waals surface area contributed by atoms with Crippen molar-refractivity contribution in [1.29, 1.82) is 0 Å². The third kappa shape index (κ3) is 6.85. The van der Waals surface area contributed by atoms with E-state index in [-0.39, 0.29) is 11.7 Å². The molecule has 0 radical (unpaired) electrons. The van der Waals surface area contributed by atoms with Crippen LogP contribution in [0.15, 0.2) is 35.8 Å². The van der Waals surface area contributed by atoms with Gasteiger partial charge in [-0.05, 0) is 57.3 Å². The first-order chi connectivity index (χ1) is 19.7. The van der Waals surface area contributed by atoms with Crippen LogP contribution in [0.3, 0.4) is 0 Å². The zero-order valence-electron chi connectivity index (χ0n) is 23.4. The van der Waals surface area contributed by atoms with Crippen LogP contribution < -0.4 is 26.0 Å². The van der Waals surface area contributed by atoms with Crippen LogP contribution in [0.1, 0.15) is 35.0 Å². The van der Waals surface area contributed by atoms with Gasteiger partial charge in [0, 0.05) is 68.3 Å². The molecule has 0 saturated carbocycles. The van der Waals surface area contributed by atoms with Crippen molar-refractivity contribution >= 4 is 46.1 Å². The second kappa shape index (κ2) is 12.5. The highest BCUT2D eigenvalue weighted by molar-refractivity contribution is 7.12. The Labute approximate surface area is 242 Å². The minimum absolute atomic E-state index is 0.0139. The number of hydrogen-bond donors (Lipinski definition) is 3. The number of carbonyl (C=O) groups is 1. The largest absolute Gasteiger partial charge is 0.433 e. The number of benzene rings is 1. The molecule has 4 heterocycles. The van der Waals surface area contributed by atoms with Gasteiger partial charge in [-0.25, -0.2) is 4.98 Å². The Hall–Kier alpha value is -3.55. The number of halogens is 2. The molecule has 220 valence electrons. The molecule has 41 heavy (non-hydrogen) atoms. The highest BCUT2D eigenvalue weighted by Crippen LogP contribution is 2.35. The average molecular weight is 587 g/mol. The first-order valence-electron chi connectivity index (χ1n) is 13.7. The minimum atomic E-state index is -2.99. The number of carbonyl (C=O) groups excluding carboxylic acids is 1. The number of piperazine rings is 1. The summed E-state index contributed by atoms with van der Waals surface area (Å²) in [5.41, 5.74) is 7.87. The Kier molecular flexibility index (Phi) is 8.85. The van der Waals surface area contributed by atoms with Gasteiger partial charge in [-0.3, -0.25) is 9.69 Å². The van der Waals surface area contributed by atoms with Gasteiger partial charge in [0.2, 0.25) is 5.95 Å². The van der Waals surface area contributed by atoms with Gasteiger partial charge in [0.1, 0.15) is 10.7 Å². The van der Waals surface area contributed by atoms with Gasteiger partial charge in [-0.1, -0.05) is 0 Å². The van der Waals surface area contributed by atoms with Crippen molar-refractivity contribution < 1.29 is 18.3 Å². The van der Waals surface area contributed by atoms with E-state index in [4.69, 9.17) is 10.5 Å². The number of amides is 1. The lowest BCUT2D eigenvalue weighted by molar-refractivity contribution is -0.0493. The Balaban J connectivity index is 1.29. The number of nitrogens with one attached hydrogen (secondary N) is 2. The van der Waals surface area contributed by atoms with Gasteiger partial charge in [0.15, 0.2) is 5.75 Å². The third-order valence-electron chi connectivity index (χ3n) is 7.88. The van der Waals surface area contributed by atoms with Crippen LogP contribution in [0.2, 0.25) is 0 Å². The normalized spacial score (nSPS) is 19.0. The number of nitrogens with zero attached hydrogens (tertiary/aromatic N) is 5. The maximum Gasteiger partial charge on any atom is 0.387 e. The number of primary amides is 1. The number of rotatable bonds is 9. The number of aromatic nitrogens is 2. The van der Waals surface area contributed by atoms with Gasteiger partial charge < -0.3 is 30.9 Å². The fourth-order valence-corrected chi connectivity index (χ4v) is 6.08. The van der Waals surface area contributed by atoms with E-state index < -0.39 is 12.5 Å². The number of alkyl halides is 2. The molecule has 13 heteroatoms. The van der Waals surface area contributed by atoms with E-state index in [1.54, 1.807) is 29.8 Å². The van der Waals surface area contributed by atoms with E-state index in [9.17, 15) is 13.6 Å². The fourth-order valence-electron chi connectivity index (χ4n) is 5.38. The topological polar surface area (TPSA) is 112 Å². The molecular weight excluding hydrogens is 550 g/mol. The number of hydrogen-bond acceptors (Lipinski definition) is 10. The molecule has 0 unspecified atom stereocenters. The number of nitrogens with two attached hydrogens (primary N) is 1. The number of likely N-dealkylation sites (N-methyl/N-ethyl adjacent to an activating group) is 1. The molecule has 3 aromatic rings. The SMILES string of the molecule is Cc1cnc(Nc2ccc(N3CCC(N4CCN(C)[C@@H](C)C4)CC3)cc2OC(F)F)nc1Nc1ccsc1C(N)=O. The van der Waals surface area contributed by atoms with Crippen LogP contribution >= 0.6 is 11.3 Å². The maximum atomic E-state index is 13.4. The first kappa shape index (κ1) is 29.0. The highest BCUT2D eigenvalue weighted by Gasteiger charge is 2.29. The second-order valence-electron chi connectivity index (χ2n) is 10.6. The van der Waals surface area contributed by atoms with E-state index in [1.165, 1.54) is 11.3 Å². The molecule has 1 atom stereocenters. The summed E-state index contributed by atoms with van der Waals surface area (Å²) in [4.78, 5) is 28.1. The van der Waals surface area contributed by atoms with Crippen LogP contribution in [-0.4, -0.2) is 84.1 Å². The van der Waals surface area contributed by atoms with E-state index in [2.05, 4.69) is 49.3 Å². The fraction of sp³-hybridized carbons (Fsp3) is 0.464. The second-order valence-corrected chi connectivity index (χ2v) is 11.5. The van der Waals surface area contributed by atoms with E-state index >= 15 is 0 Å². The van der Waals surface area contributed by atoms with Gasteiger partial charge >= 0.3 is 6.61 Å². The minimum Gasteiger partial charge on any atom is -0.433 e. The molecule has 10 nitrogen and oxygen atoms in total. The van der Waals surface area contributed by atoms with Crippen molar-refractivity contribution in [1.82, 2.24) is 19.8 Å². The molecule has 5 rings (SSSR count). The summed E-state index contributed by atoms with van der Waals surface area (Å²) < 4.78 is 31.7. The number of piperidine rings is 1. The van der Waals surface area contributed by atoms with Crippen LogP contribution in [-0.2, 0) is 0 Å². The molecule has 1 aromatic carbocycles. The van der Waals surface area contributed by atoms with Gasteiger partial charge in [-0.2, -0.15) is 13.8 Å². The molecular formula is C28H36F2N8O2S. The molecule has 2 fully saturated rings. The first-order valence-corrected chi connectivity index (χ1v) is 14.6. The molecule has 2 saturated heterocycles. The van der Waals surface area contributed by atoms with Gasteiger partial charge in [-0.15, -0.1) is 11.3 Å². The van der Waals surface area contributed by atoms with Gasteiger partial charge in [0.05, 0.1) is 11.4 Å². The predicted molar refractivity (Wildman–Crippen MR) is 158 cm³/mol. The summed E-state index contributed by atoms with van der Waals surface area (Å²) in [6.45, 7) is 6.02. The number of ether oxygens (including phenoxy) is 1. The lowest BCUT2D eigenvalue weighted by Gasteiger charge is -2.45. The van der Waals surface area contributed by atoms with E-state index in [0.29, 0.717) is 34.2 Å². The molecule has 0 aliphatic carbocycles. The Morgan fingerprint density at radius 3 is 2.63 bits per heavy atom. The maximum absolute atomic E-state index is 13.4. The number of anilines is 5. The summed E-state index contributed by atoms with van der Waals surface area (Å²) in [6.07, 6.45) is 3.65. The van der Waals surface area contributed by atoms with Crippen molar-refractivity contribution in [3.63, 3.8) is 0 Å². The molecule has 2 aromatic heterocycles. The van der Waals surface area contributed by atoms with Crippen LogP contribution in [0.25, 0.3) is 0 Å². The molecule has 2 aliphatic heterocycles. The van der Waals surface area contributed by atoms with Crippen molar-refractivity contribution in [2.45, 2.75) is 45.4 Å². The van der Waals surface area contributed by atoms with Crippen LogP contribution in [0.5, 0.6) is 5.75 Å². The van der Waals surface area contributed by atoms with Crippen molar-refractivity contribution in [2.75, 3.05) is 55.3 Å². The average Bonchev–Trinajstić information content (AvgIpc) is 3.41. The van der Waals surface area contributed by atoms with Crippen molar-refractivity contribution in [3.8, 4) is 5.75 Å². The van der Waals surface area contributed by atoms with Crippen molar-refractivity contribution in [2.24, 2.45) is 5.73 Å². The Morgan fingerprint density at radius 2 is 1.93 bits per heavy atom. The monoisotopic (exact) mass is 586 g/mol. The summed E-state index contributed by atoms with van der Waals surface area (Å²) in [6, 6.07) is 8.07. The zero-order valence-corrected chi connectivity index (χ0v) is 24.3. The molecule has 0 spiro atoms. The number of thiophene rings is 1. The summed E-state index contributed by atoms with van der Waals surface area (Å²) in [5, 5.41) is 7.88. The molecule has 4 N–H and O–H groups in total. The summed E-state index contributed by atoms with van der Waals surface area (Å²) in [5.74, 6) is 0.108. The lowest BCUT2D eigenvalue weighted by atomic mass is 10.0. The van der Waals surface area contributed by atoms with Crippen LogP contribution in [0.4, 0.5) is 37.6 Å². The molecule has 2 aliphatic rings. The quantitative estimate of drug-likeness (QED) is 0.330. The van der Waals surface area contributed by atoms with E-state index in [1.807, 2.05) is 13.0 Å². The zero-order chi connectivity index (χ0) is 29.1. The lowest BCUT2D eigenvalue weighted by Crippen LogP contribution is -2.55. The Morgan fingerprint density at radius 1 is 1.15 bits per heavy atom. The smallest absolute Gasteiger partial charge is 0.387 e. The Bertz CT molecular complexity index is 1360. The van der Waals surface area contributed by atoms with Crippen LogP contribution in [0, 0.1) is 6.92 Å².